The van der Waals surface area contributed by atoms with Crippen molar-refractivity contribution in [3.8, 4) is 6.07 Å². The quantitative estimate of drug-likeness (QED) is 0.674. The van der Waals surface area contributed by atoms with Gasteiger partial charge in [0.15, 0.2) is 5.82 Å². The van der Waals surface area contributed by atoms with E-state index in [1.807, 2.05) is 10.6 Å². The summed E-state index contributed by atoms with van der Waals surface area (Å²) in [7, 11) is 0. The van der Waals surface area contributed by atoms with Crippen molar-refractivity contribution in [2.75, 3.05) is 5.32 Å². The average Bonchev–Trinajstić information content (AvgIpc) is 3.08. The molecule has 0 fully saturated rings. The van der Waals surface area contributed by atoms with Crippen molar-refractivity contribution in [2.45, 2.75) is 25.9 Å². The Morgan fingerprint density at radius 2 is 2.33 bits per heavy atom. The second kappa shape index (κ2) is 5.20. The van der Waals surface area contributed by atoms with Gasteiger partial charge in [0.05, 0.1) is 23.1 Å². The SMILES string of the molecule is N#Cc1ccc(NCc2nnc3n2CCC3)c([N+](=O)[O-])c1. The fourth-order valence-corrected chi connectivity index (χ4v) is 2.42. The topological polar surface area (TPSA) is 110 Å². The van der Waals surface area contributed by atoms with E-state index in [4.69, 9.17) is 5.26 Å². The number of nitro benzene ring substituents is 1. The molecular weight excluding hydrogens is 272 g/mol. The van der Waals surface area contributed by atoms with Gasteiger partial charge >= 0.3 is 0 Å². The van der Waals surface area contributed by atoms with Crippen LogP contribution in [-0.4, -0.2) is 19.7 Å². The molecule has 1 aromatic carbocycles. The van der Waals surface area contributed by atoms with Crippen LogP contribution in [0.1, 0.15) is 23.6 Å². The van der Waals surface area contributed by atoms with Crippen LogP contribution in [0.4, 0.5) is 11.4 Å². The molecule has 0 amide bonds. The number of aromatic nitrogens is 3. The van der Waals surface area contributed by atoms with Gasteiger partial charge in [0.1, 0.15) is 11.5 Å². The van der Waals surface area contributed by atoms with Crippen molar-refractivity contribution in [2.24, 2.45) is 0 Å². The first-order chi connectivity index (χ1) is 10.2. The maximum atomic E-state index is 11.1. The van der Waals surface area contributed by atoms with Crippen LogP contribution in [0.25, 0.3) is 0 Å². The van der Waals surface area contributed by atoms with E-state index >= 15 is 0 Å². The Balaban J connectivity index is 1.82. The van der Waals surface area contributed by atoms with Gasteiger partial charge in [0.25, 0.3) is 5.69 Å². The molecule has 1 N–H and O–H groups in total. The smallest absolute Gasteiger partial charge is 0.293 e. The van der Waals surface area contributed by atoms with E-state index in [2.05, 4.69) is 15.5 Å². The molecule has 8 heteroatoms. The van der Waals surface area contributed by atoms with Gasteiger partial charge in [-0.25, -0.2) is 0 Å². The Morgan fingerprint density at radius 3 is 3.10 bits per heavy atom. The Kier molecular flexibility index (Phi) is 3.23. The highest BCUT2D eigenvalue weighted by molar-refractivity contribution is 5.64. The lowest BCUT2D eigenvalue weighted by molar-refractivity contribution is -0.384. The van der Waals surface area contributed by atoms with Gasteiger partial charge in [-0.3, -0.25) is 10.1 Å². The molecule has 0 spiro atoms. The van der Waals surface area contributed by atoms with E-state index in [1.54, 1.807) is 6.07 Å². The minimum atomic E-state index is -0.503. The standard InChI is InChI=1S/C13H12N6O2/c14-7-9-3-4-10(11(6-9)19(20)21)15-8-13-17-16-12-2-1-5-18(12)13/h3-4,6,15H,1-2,5,8H2. The number of anilines is 1. The first kappa shape index (κ1) is 13.1. The number of hydrogen-bond donors (Lipinski definition) is 1. The molecule has 1 aliphatic heterocycles. The van der Waals surface area contributed by atoms with Crippen LogP contribution in [0, 0.1) is 21.4 Å². The third-order valence-corrected chi connectivity index (χ3v) is 3.45. The molecule has 1 aliphatic rings. The molecule has 8 nitrogen and oxygen atoms in total. The lowest BCUT2D eigenvalue weighted by Gasteiger charge is -2.07. The Hall–Kier alpha value is -2.95. The zero-order valence-corrected chi connectivity index (χ0v) is 11.1. The van der Waals surface area contributed by atoms with E-state index in [-0.39, 0.29) is 11.3 Å². The number of aryl methyl sites for hydroxylation is 1. The average molecular weight is 284 g/mol. The largest absolute Gasteiger partial charge is 0.372 e. The first-order valence-corrected chi connectivity index (χ1v) is 6.52. The number of nitro groups is 1. The maximum Gasteiger partial charge on any atom is 0.293 e. The van der Waals surface area contributed by atoms with Crippen molar-refractivity contribution in [3.63, 3.8) is 0 Å². The summed E-state index contributed by atoms with van der Waals surface area (Å²) in [6, 6.07) is 6.24. The minimum absolute atomic E-state index is 0.116. The Bertz CT molecular complexity index is 746. The second-order valence-electron chi connectivity index (χ2n) is 4.74. The molecule has 0 saturated carbocycles. The summed E-state index contributed by atoms with van der Waals surface area (Å²) in [5, 5.41) is 31.1. The molecule has 0 radical (unpaired) electrons. The predicted molar refractivity (Wildman–Crippen MR) is 73.5 cm³/mol. The van der Waals surface area contributed by atoms with Gasteiger partial charge in [-0.15, -0.1) is 10.2 Å². The molecule has 0 bridgehead atoms. The monoisotopic (exact) mass is 284 g/mol. The number of hydrogen-bond acceptors (Lipinski definition) is 6. The maximum absolute atomic E-state index is 11.1. The number of nitriles is 1. The van der Waals surface area contributed by atoms with Crippen LogP contribution >= 0.6 is 0 Å². The number of rotatable bonds is 4. The molecule has 0 atom stereocenters. The lowest BCUT2D eigenvalue weighted by Crippen LogP contribution is -2.08. The van der Waals surface area contributed by atoms with E-state index in [1.165, 1.54) is 12.1 Å². The molecule has 2 heterocycles. The van der Waals surface area contributed by atoms with Crippen LogP contribution < -0.4 is 5.32 Å². The molecule has 2 aromatic rings. The Labute approximate surface area is 120 Å². The molecule has 3 rings (SSSR count). The zero-order valence-electron chi connectivity index (χ0n) is 11.1. The minimum Gasteiger partial charge on any atom is -0.372 e. The van der Waals surface area contributed by atoms with Crippen LogP contribution in [0.2, 0.25) is 0 Å². The van der Waals surface area contributed by atoms with Gasteiger partial charge in [-0.05, 0) is 18.6 Å². The highest BCUT2D eigenvalue weighted by Crippen LogP contribution is 2.26. The van der Waals surface area contributed by atoms with Gasteiger partial charge in [-0.2, -0.15) is 5.26 Å². The number of fused-ring (bicyclic) bond motifs is 1. The highest BCUT2D eigenvalue weighted by atomic mass is 16.6. The van der Waals surface area contributed by atoms with Crippen molar-refractivity contribution in [1.82, 2.24) is 14.8 Å². The molecule has 0 saturated heterocycles. The van der Waals surface area contributed by atoms with Crippen molar-refractivity contribution >= 4 is 11.4 Å². The predicted octanol–water partition coefficient (Wildman–Crippen LogP) is 1.62. The van der Waals surface area contributed by atoms with E-state index in [9.17, 15) is 10.1 Å². The molecule has 1 aromatic heterocycles. The van der Waals surface area contributed by atoms with Gasteiger partial charge in [-0.1, -0.05) is 0 Å². The number of benzene rings is 1. The van der Waals surface area contributed by atoms with Crippen molar-refractivity contribution in [3.05, 3.63) is 45.5 Å². The third kappa shape index (κ3) is 2.41. The molecule has 0 aliphatic carbocycles. The van der Waals surface area contributed by atoms with Gasteiger partial charge < -0.3 is 9.88 Å². The van der Waals surface area contributed by atoms with Crippen molar-refractivity contribution in [1.29, 1.82) is 5.26 Å². The summed E-state index contributed by atoms with van der Waals surface area (Å²) in [4.78, 5) is 10.6. The zero-order chi connectivity index (χ0) is 14.8. The van der Waals surface area contributed by atoms with Crippen LogP contribution in [0.5, 0.6) is 0 Å². The number of nitrogens with zero attached hydrogens (tertiary/aromatic N) is 5. The van der Waals surface area contributed by atoms with Gasteiger partial charge in [0.2, 0.25) is 0 Å². The number of nitrogens with one attached hydrogen (secondary N) is 1. The summed E-state index contributed by atoms with van der Waals surface area (Å²) >= 11 is 0. The van der Waals surface area contributed by atoms with Gasteiger partial charge in [0, 0.05) is 19.0 Å². The normalized spacial score (nSPS) is 12.7. The summed E-state index contributed by atoms with van der Waals surface area (Å²) in [5.74, 6) is 1.72. The van der Waals surface area contributed by atoms with Crippen LogP contribution in [0.15, 0.2) is 18.2 Å². The summed E-state index contributed by atoms with van der Waals surface area (Å²) < 4.78 is 2.03. The second-order valence-corrected chi connectivity index (χ2v) is 4.74. The Morgan fingerprint density at radius 1 is 1.48 bits per heavy atom. The van der Waals surface area contributed by atoms with Crippen LogP contribution in [0.3, 0.4) is 0 Å². The summed E-state index contributed by atoms with van der Waals surface area (Å²) in [6.07, 6.45) is 1.97. The summed E-state index contributed by atoms with van der Waals surface area (Å²) in [6.45, 7) is 1.24. The van der Waals surface area contributed by atoms with Crippen molar-refractivity contribution < 1.29 is 4.92 Å². The van der Waals surface area contributed by atoms with E-state index in [0.29, 0.717) is 12.2 Å². The molecule has 106 valence electrons. The first-order valence-electron chi connectivity index (χ1n) is 6.52. The lowest BCUT2D eigenvalue weighted by atomic mass is 10.2. The third-order valence-electron chi connectivity index (χ3n) is 3.45. The van der Waals surface area contributed by atoms with E-state index in [0.717, 1.165) is 31.0 Å². The molecule has 0 unspecified atom stereocenters. The fourth-order valence-electron chi connectivity index (χ4n) is 2.42. The summed E-state index contributed by atoms with van der Waals surface area (Å²) in [5.41, 5.74) is 0.514. The fraction of sp³-hybridized carbons (Fsp3) is 0.308. The molecule has 21 heavy (non-hydrogen) atoms. The van der Waals surface area contributed by atoms with Crippen LogP contribution in [-0.2, 0) is 19.5 Å². The molecular formula is C13H12N6O2. The highest BCUT2D eigenvalue weighted by Gasteiger charge is 2.19. The van der Waals surface area contributed by atoms with E-state index < -0.39 is 4.92 Å².